The molecule has 6 nitrogen and oxygen atoms in total. The van der Waals surface area contributed by atoms with Crippen molar-refractivity contribution in [3.63, 3.8) is 0 Å². The molecule has 0 spiro atoms. The van der Waals surface area contributed by atoms with E-state index in [0.717, 1.165) is 0 Å². The normalized spacial score (nSPS) is 13.0. The lowest BCUT2D eigenvalue weighted by atomic mass is 9.87. The highest BCUT2D eigenvalue weighted by Gasteiger charge is 2.28. The number of carbonyl (C=O) groups is 1. The third-order valence-corrected chi connectivity index (χ3v) is 3.41. The van der Waals surface area contributed by atoms with Gasteiger partial charge >= 0.3 is 0 Å². The molecule has 0 bridgehead atoms. The number of hydrogen-bond donors (Lipinski definition) is 2. The van der Waals surface area contributed by atoms with Crippen molar-refractivity contribution in [2.24, 2.45) is 11.1 Å². The van der Waals surface area contributed by atoms with Gasteiger partial charge in [-0.25, -0.2) is 9.67 Å². The van der Waals surface area contributed by atoms with Crippen molar-refractivity contribution >= 4 is 23.2 Å². The summed E-state index contributed by atoms with van der Waals surface area (Å²) in [5.74, 6) is -0.272. The van der Waals surface area contributed by atoms with Gasteiger partial charge in [0.05, 0.1) is 16.8 Å². The molecule has 0 aliphatic carbocycles. The summed E-state index contributed by atoms with van der Waals surface area (Å²) in [5, 5.41) is 7.32. The van der Waals surface area contributed by atoms with E-state index in [2.05, 4.69) is 15.4 Å². The highest BCUT2D eigenvalue weighted by Crippen LogP contribution is 2.28. The topological polar surface area (TPSA) is 85.8 Å². The van der Waals surface area contributed by atoms with Gasteiger partial charge in [-0.05, 0) is 17.5 Å². The molecule has 1 aromatic carbocycles. The average Bonchev–Trinajstić information content (AvgIpc) is 2.90. The molecule has 2 rings (SSSR count). The standard InChI is InChI=1S/C14H18ClN5O/c1-14(2,3)12(16)13(21)19-10-6-4-5-9(15)11(10)20-8-17-7-18-20/h4-8,12H,16H2,1-3H3,(H,19,21)/t12-/m0/s1. The lowest BCUT2D eigenvalue weighted by Gasteiger charge is -2.26. The van der Waals surface area contributed by atoms with E-state index in [0.29, 0.717) is 16.4 Å². The predicted molar refractivity (Wildman–Crippen MR) is 82.4 cm³/mol. The van der Waals surface area contributed by atoms with Crippen LogP contribution in [0.3, 0.4) is 0 Å². The summed E-state index contributed by atoms with van der Waals surface area (Å²) < 4.78 is 1.50. The van der Waals surface area contributed by atoms with Gasteiger partial charge in [-0.15, -0.1) is 0 Å². The zero-order valence-electron chi connectivity index (χ0n) is 12.2. The fourth-order valence-corrected chi connectivity index (χ4v) is 2.04. The maximum atomic E-state index is 12.3. The van der Waals surface area contributed by atoms with E-state index in [1.165, 1.54) is 17.3 Å². The molecule has 21 heavy (non-hydrogen) atoms. The van der Waals surface area contributed by atoms with Gasteiger partial charge in [0, 0.05) is 0 Å². The van der Waals surface area contributed by atoms with Gasteiger partial charge < -0.3 is 11.1 Å². The number of para-hydroxylation sites is 1. The highest BCUT2D eigenvalue weighted by molar-refractivity contribution is 6.33. The summed E-state index contributed by atoms with van der Waals surface area (Å²) in [6, 6.07) is 4.58. The second-order valence-corrected chi connectivity index (χ2v) is 6.22. The third-order valence-electron chi connectivity index (χ3n) is 3.11. The van der Waals surface area contributed by atoms with Crippen LogP contribution >= 0.6 is 11.6 Å². The largest absolute Gasteiger partial charge is 0.323 e. The molecule has 112 valence electrons. The zero-order chi connectivity index (χ0) is 15.6. The van der Waals surface area contributed by atoms with Crippen LogP contribution in [0.5, 0.6) is 0 Å². The van der Waals surface area contributed by atoms with Gasteiger partial charge in [0.25, 0.3) is 0 Å². The van der Waals surface area contributed by atoms with E-state index >= 15 is 0 Å². The molecule has 7 heteroatoms. The van der Waals surface area contributed by atoms with E-state index in [1.54, 1.807) is 18.2 Å². The molecule has 1 aromatic heterocycles. The first-order valence-corrected chi connectivity index (χ1v) is 6.88. The van der Waals surface area contributed by atoms with Crippen LogP contribution in [0.2, 0.25) is 5.02 Å². The SMILES string of the molecule is CC(C)(C)[C@@H](N)C(=O)Nc1cccc(Cl)c1-n1cncn1. The van der Waals surface area contributed by atoms with Crippen LogP contribution in [0.4, 0.5) is 5.69 Å². The number of hydrogen-bond acceptors (Lipinski definition) is 4. The molecule has 2 aromatic rings. The number of nitrogens with one attached hydrogen (secondary N) is 1. The molecule has 3 N–H and O–H groups in total. The molecule has 1 amide bonds. The van der Waals surface area contributed by atoms with E-state index in [4.69, 9.17) is 17.3 Å². The van der Waals surface area contributed by atoms with Crippen molar-refractivity contribution in [2.45, 2.75) is 26.8 Å². The van der Waals surface area contributed by atoms with Gasteiger partial charge in [-0.1, -0.05) is 38.4 Å². The Labute approximate surface area is 128 Å². The number of aromatic nitrogens is 3. The van der Waals surface area contributed by atoms with Crippen LogP contribution in [0.25, 0.3) is 5.69 Å². The van der Waals surface area contributed by atoms with Crippen molar-refractivity contribution in [3.8, 4) is 5.69 Å². The molecule has 0 aliphatic heterocycles. The number of rotatable bonds is 3. The van der Waals surface area contributed by atoms with Gasteiger partial charge in [-0.3, -0.25) is 4.79 Å². The number of nitrogens with zero attached hydrogens (tertiary/aromatic N) is 3. The average molecular weight is 308 g/mol. The maximum absolute atomic E-state index is 12.3. The van der Waals surface area contributed by atoms with Crippen LogP contribution in [-0.4, -0.2) is 26.7 Å². The van der Waals surface area contributed by atoms with Gasteiger partial charge in [-0.2, -0.15) is 5.10 Å². The first kappa shape index (κ1) is 15.5. The minimum atomic E-state index is -0.639. The Balaban J connectivity index is 2.34. The second-order valence-electron chi connectivity index (χ2n) is 5.81. The van der Waals surface area contributed by atoms with Crippen molar-refractivity contribution in [1.82, 2.24) is 14.8 Å². The van der Waals surface area contributed by atoms with Crippen LogP contribution in [0, 0.1) is 5.41 Å². The molecule has 1 heterocycles. The fourth-order valence-electron chi connectivity index (χ4n) is 1.78. The molecule has 0 saturated carbocycles. The van der Waals surface area contributed by atoms with E-state index in [1.807, 2.05) is 20.8 Å². The van der Waals surface area contributed by atoms with Crippen molar-refractivity contribution in [1.29, 1.82) is 0 Å². The summed E-state index contributed by atoms with van der Waals surface area (Å²) in [7, 11) is 0. The minimum absolute atomic E-state index is 0.272. The monoisotopic (exact) mass is 307 g/mol. The first-order valence-electron chi connectivity index (χ1n) is 6.50. The number of amides is 1. The second kappa shape index (κ2) is 5.83. The Hall–Kier alpha value is -1.92. The number of carbonyl (C=O) groups excluding carboxylic acids is 1. The van der Waals surface area contributed by atoms with Crippen LogP contribution in [0.1, 0.15) is 20.8 Å². The van der Waals surface area contributed by atoms with Gasteiger partial charge in [0.1, 0.15) is 18.3 Å². The maximum Gasteiger partial charge on any atom is 0.241 e. The Morgan fingerprint density at radius 1 is 1.43 bits per heavy atom. The molecule has 0 radical (unpaired) electrons. The number of benzene rings is 1. The molecule has 0 aliphatic rings. The Morgan fingerprint density at radius 2 is 2.14 bits per heavy atom. The van der Waals surface area contributed by atoms with E-state index in [9.17, 15) is 4.79 Å². The number of nitrogens with two attached hydrogens (primary N) is 1. The third kappa shape index (κ3) is 3.40. The molecular weight excluding hydrogens is 290 g/mol. The van der Waals surface area contributed by atoms with Crippen molar-refractivity contribution in [3.05, 3.63) is 35.9 Å². The summed E-state index contributed by atoms with van der Waals surface area (Å²) in [6.45, 7) is 5.73. The molecule has 0 saturated heterocycles. The molecule has 0 fully saturated rings. The van der Waals surface area contributed by atoms with Crippen molar-refractivity contribution < 1.29 is 4.79 Å². The predicted octanol–water partition coefficient (Wildman–Crippen LogP) is 2.23. The Morgan fingerprint density at radius 3 is 2.71 bits per heavy atom. The van der Waals surface area contributed by atoms with Gasteiger partial charge in [0.15, 0.2) is 0 Å². The minimum Gasteiger partial charge on any atom is -0.323 e. The summed E-state index contributed by atoms with van der Waals surface area (Å²) in [4.78, 5) is 16.2. The summed E-state index contributed by atoms with van der Waals surface area (Å²) >= 11 is 6.20. The number of anilines is 1. The summed E-state index contributed by atoms with van der Waals surface area (Å²) in [5.41, 5.74) is 6.73. The molecule has 1 atom stereocenters. The lowest BCUT2D eigenvalue weighted by molar-refractivity contribution is -0.119. The van der Waals surface area contributed by atoms with Crippen LogP contribution in [-0.2, 0) is 4.79 Å². The van der Waals surface area contributed by atoms with E-state index in [-0.39, 0.29) is 11.3 Å². The quantitative estimate of drug-likeness (QED) is 0.910. The number of halogens is 1. The summed E-state index contributed by atoms with van der Waals surface area (Å²) in [6.07, 6.45) is 2.91. The van der Waals surface area contributed by atoms with Crippen molar-refractivity contribution in [2.75, 3.05) is 5.32 Å². The van der Waals surface area contributed by atoms with Crippen LogP contribution < -0.4 is 11.1 Å². The first-order chi connectivity index (χ1) is 9.80. The highest BCUT2D eigenvalue weighted by atomic mass is 35.5. The molecule has 0 unspecified atom stereocenters. The zero-order valence-corrected chi connectivity index (χ0v) is 12.9. The fraction of sp³-hybridized carbons (Fsp3) is 0.357. The Bertz CT molecular complexity index is 633. The lowest BCUT2D eigenvalue weighted by Crippen LogP contribution is -2.45. The van der Waals surface area contributed by atoms with E-state index < -0.39 is 6.04 Å². The smallest absolute Gasteiger partial charge is 0.241 e. The Kier molecular flexibility index (Phi) is 4.29. The molecular formula is C14H18ClN5O. The van der Waals surface area contributed by atoms with Crippen LogP contribution in [0.15, 0.2) is 30.9 Å². The van der Waals surface area contributed by atoms with Gasteiger partial charge in [0.2, 0.25) is 5.91 Å².